The van der Waals surface area contributed by atoms with Crippen molar-refractivity contribution in [3.63, 3.8) is 0 Å². The first kappa shape index (κ1) is 15.0. The second kappa shape index (κ2) is 6.48. The van der Waals surface area contributed by atoms with Crippen molar-refractivity contribution in [1.82, 2.24) is 24.7 Å². The molecule has 1 fully saturated rings. The van der Waals surface area contributed by atoms with Gasteiger partial charge in [0.2, 0.25) is 11.8 Å². The van der Waals surface area contributed by atoms with Gasteiger partial charge in [0.05, 0.1) is 13.1 Å². The molecule has 0 aromatic carbocycles. The number of likely N-dealkylation sites (N-methyl/N-ethyl adjacent to an activating group) is 1. The summed E-state index contributed by atoms with van der Waals surface area (Å²) in [5, 5.41) is 2.74. The van der Waals surface area contributed by atoms with Crippen molar-refractivity contribution in [3.8, 4) is 0 Å². The molecule has 22 heavy (non-hydrogen) atoms. The van der Waals surface area contributed by atoms with Crippen LogP contribution in [0.15, 0.2) is 12.4 Å². The minimum atomic E-state index is -0.0674. The number of nitrogens with one attached hydrogen (secondary N) is 1. The molecule has 1 aromatic rings. The predicted molar refractivity (Wildman–Crippen MR) is 81.1 cm³/mol. The quantitative estimate of drug-likeness (QED) is 0.801. The van der Waals surface area contributed by atoms with E-state index in [0.29, 0.717) is 25.6 Å². The molecular formula is C15H23N5O2. The molecule has 0 aliphatic carbocycles. The summed E-state index contributed by atoms with van der Waals surface area (Å²) in [6, 6.07) is 0. The van der Waals surface area contributed by atoms with Crippen LogP contribution in [0.2, 0.25) is 0 Å². The van der Waals surface area contributed by atoms with Crippen molar-refractivity contribution in [2.75, 3.05) is 39.8 Å². The lowest BCUT2D eigenvalue weighted by Crippen LogP contribution is -2.52. The Hall–Kier alpha value is -1.89. The lowest BCUT2D eigenvalue weighted by atomic mass is 9.99. The van der Waals surface area contributed by atoms with Crippen molar-refractivity contribution in [3.05, 3.63) is 18.2 Å². The van der Waals surface area contributed by atoms with Gasteiger partial charge in [-0.1, -0.05) is 0 Å². The number of amides is 2. The third-order valence-corrected chi connectivity index (χ3v) is 4.40. The average molecular weight is 305 g/mol. The highest BCUT2D eigenvalue weighted by Crippen LogP contribution is 2.19. The summed E-state index contributed by atoms with van der Waals surface area (Å²) in [6.45, 7) is 3.60. The van der Waals surface area contributed by atoms with Crippen LogP contribution in [-0.2, 0) is 22.6 Å². The number of nitrogens with zero attached hydrogens (tertiary/aromatic N) is 4. The molecular weight excluding hydrogens is 282 g/mol. The molecule has 3 rings (SSSR count). The van der Waals surface area contributed by atoms with Crippen LogP contribution in [0.4, 0.5) is 0 Å². The van der Waals surface area contributed by atoms with E-state index in [1.165, 1.54) is 0 Å². The average Bonchev–Trinajstić information content (AvgIpc) is 2.94. The molecule has 0 radical (unpaired) electrons. The Balaban J connectivity index is 1.47. The first-order valence-electron chi connectivity index (χ1n) is 7.85. The Bertz CT molecular complexity index is 556. The highest BCUT2D eigenvalue weighted by atomic mass is 16.2. The van der Waals surface area contributed by atoms with E-state index < -0.39 is 0 Å². The maximum Gasteiger partial charge on any atom is 0.239 e. The maximum absolute atomic E-state index is 12.2. The molecule has 0 spiro atoms. The van der Waals surface area contributed by atoms with E-state index >= 15 is 0 Å². The van der Waals surface area contributed by atoms with Crippen LogP contribution >= 0.6 is 0 Å². The van der Waals surface area contributed by atoms with E-state index in [2.05, 4.69) is 19.8 Å². The fourth-order valence-electron chi connectivity index (χ4n) is 3.27. The number of carbonyl (C=O) groups excluding carboxylic acids is 2. The molecule has 1 saturated heterocycles. The van der Waals surface area contributed by atoms with Crippen LogP contribution in [0.3, 0.4) is 0 Å². The number of aromatic nitrogens is 2. The summed E-state index contributed by atoms with van der Waals surface area (Å²) < 4.78 is 2.21. The van der Waals surface area contributed by atoms with Crippen LogP contribution in [0, 0.1) is 5.92 Å². The largest absolute Gasteiger partial charge is 0.353 e. The number of fused-ring (bicyclic) bond motifs is 1. The minimum Gasteiger partial charge on any atom is -0.353 e. The Morgan fingerprint density at radius 3 is 3.23 bits per heavy atom. The molecule has 0 saturated carbocycles. The number of piperazine rings is 1. The molecule has 2 aliphatic heterocycles. The summed E-state index contributed by atoms with van der Waals surface area (Å²) in [6.07, 6.45) is 6.00. The summed E-state index contributed by atoms with van der Waals surface area (Å²) >= 11 is 0. The normalized spacial score (nSPS) is 21.6. The lowest BCUT2D eigenvalue weighted by Gasteiger charge is -2.31. The van der Waals surface area contributed by atoms with Gasteiger partial charge in [-0.05, 0) is 19.4 Å². The van der Waals surface area contributed by atoms with Crippen LogP contribution in [-0.4, -0.2) is 70.9 Å². The monoisotopic (exact) mass is 305 g/mol. The Kier molecular flexibility index (Phi) is 4.42. The number of hydrogen-bond donors (Lipinski definition) is 1. The van der Waals surface area contributed by atoms with Gasteiger partial charge in [0.1, 0.15) is 5.82 Å². The van der Waals surface area contributed by atoms with Crippen LogP contribution in [0.25, 0.3) is 0 Å². The zero-order valence-corrected chi connectivity index (χ0v) is 13.0. The highest BCUT2D eigenvalue weighted by molar-refractivity contribution is 5.86. The van der Waals surface area contributed by atoms with E-state index in [0.717, 1.165) is 31.8 Å². The fourth-order valence-corrected chi connectivity index (χ4v) is 3.27. The van der Waals surface area contributed by atoms with Gasteiger partial charge < -0.3 is 14.8 Å². The predicted octanol–water partition coefficient (Wildman–Crippen LogP) is -0.664. The number of carbonyl (C=O) groups is 2. The summed E-state index contributed by atoms with van der Waals surface area (Å²) in [5.41, 5.74) is 0. The third-order valence-electron chi connectivity index (χ3n) is 4.40. The topological polar surface area (TPSA) is 70.5 Å². The summed E-state index contributed by atoms with van der Waals surface area (Å²) in [7, 11) is 1.98. The van der Waals surface area contributed by atoms with Gasteiger partial charge in [-0.15, -0.1) is 0 Å². The van der Waals surface area contributed by atoms with Crippen molar-refractivity contribution >= 4 is 11.8 Å². The molecule has 120 valence electrons. The smallest absolute Gasteiger partial charge is 0.239 e. The number of rotatable bonds is 4. The van der Waals surface area contributed by atoms with Gasteiger partial charge >= 0.3 is 0 Å². The zero-order valence-electron chi connectivity index (χ0n) is 13.0. The van der Waals surface area contributed by atoms with Crippen LogP contribution in [0.5, 0.6) is 0 Å². The van der Waals surface area contributed by atoms with Crippen LogP contribution < -0.4 is 5.32 Å². The van der Waals surface area contributed by atoms with E-state index in [1.807, 2.05) is 19.4 Å². The van der Waals surface area contributed by atoms with Gasteiger partial charge in [0, 0.05) is 45.0 Å². The molecule has 0 unspecified atom stereocenters. The standard InChI is InChI=1S/C15H23N5O2/c1-18(11-15(22)20-7-5-17-14(21)10-20)8-12-2-3-13-16-4-6-19(13)9-12/h4,6,12H,2-3,5,7-11H2,1H3,(H,17,21)/t12-/m0/s1. The summed E-state index contributed by atoms with van der Waals surface area (Å²) in [4.78, 5) is 31.6. The fraction of sp³-hybridized carbons (Fsp3) is 0.667. The van der Waals surface area contributed by atoms with Crippen LogP contribution in [0.1, 0.15) is 12.2 Å². The molecule has 1 N–H and O–H groups in total. The van der Waals surface area contributed by atoms with Gasteiger partial charge in [-0.25, -0.2) is 4.98 Å². The zero-order chi connectivity index (χ0) is 15.5. The lowest BCUT2D eigenvalue weighted by molar-refractivity contribution is -0.138. The first-order valence-corrected chi connectivity index (χ1v) is 7.85. The molecule has 3 heterocycles. The summed E-state index contributed by atoms with van der Waals surface area (Å²) in [5.74, 6) is 1.68. The number of aryl methyl sites for hydroxylation is 1. The number of imidazole rings is 1. The SMILES string of the molecule is CN(CC(=O)N1CCNC(=O)C1)C[C@@H]1CCc2nccn2C1. The van der Waals surface area contributed by atoms with Gasteiger partial charge in [0.15, 0.2) is 0 Å². The molecule has 7 nitrogen and oxygen atoms in total. The highest BCUT2D eigenvalue weighted by Gasteiger charge is 2.24. The third kappa shape index (κ3) is 3.47. The second-order valence-corrected chi connectivity index (χ2v) is 6.26. The molecule has 1 aromatic heterocycles. The van der Waals surface area contributed by atoms with Crippen molar-refractivity contribution in [2.24, 2.45) is 5.92 Å². The first-order chi connectivity index (χ1) is 10.6. The van der Waals surface area contributed by atoms with Crippen molar-refractivity contribution < 1.29 is 9.59 Å². The molecule has 2 amide bonds. The number of hydrogen-bond acceptors (Lipinski definition) is 4. The maximum atomic E-state index is 12.2. The molecule has 2 aliphatic rings. The van der Waals surface area contributed by atoms with E-state index in [4.69, 9.17) is 0 Å². The molecule has 7 heteroatoms. The minimum absolute atomic E-state index is 0.0384. The Labute approximate surface area is 130 Å². The van der Waals surface area contributed by atoms with Gasteiger partial charge in [-0.3, -0.25) is 14.5 Å². The second-order valence-electron chi connectivity index (χ2n) is 6.26. The molecule has 0 bridgehead atoms. The van der Waals surface area contributed by atoms with Crippen molar-refractivity contribution in [2.45, 2.75) is 19.4 Å². The van der Waals surface area contributed by atoms with E-state index in [1.54, 1.807) is 4.90 Å². The molecule has 1 atom stereocenters. The Morgan fingerprint density at radius 1 is 1.55 bits per heavy atom. The Morgan fingerprint density at radius 2 is 2.41 bits per heavy atom. The van der Waals surface area contributed by atoms with E-state index in [9.17, 15) is 9.59 Å². The van der Waals surface area contributed by atoms with Gasteiger partial charge in [-0.2, -0.15) is 0 Å². The van der Waals surface area contributed by atoms with Gasteiger partial charge in [0.25, 0.3) is 0 Å². The van der Waals surface area contributed by atoms with E-state index in [-0.39, 0.29) is 18.4 Å². The van der Waals surface area contributed by atoms with Crippen molar-refractivity contribution in [1.29, 1.82) is 0 Å².